The zero-order valence-corrected chi connectivity index (χ0v) is 16.2. The van der Waals surface area contributed by atoms with Crippen molar-refractivity contribution in [3.63, 3.8) is 0 Å². The van der Waals surface area contributed by atoms with E-state index >= 15 is 0 Å². The number of allylic oxidation sites excluding steroid dienone is 1. The standard InChI is InChI=1S/C17H24O4.C2HF3O2/c1-10-5-6-15(3)12(7-10)21-14-8-13(20-11(2)18)16(15,4)17(14)9-19-17;3-2(4,5)1(6)7/h7,12-14H,5-6,8-9H2,1-4H3;(H,6,7)/p-1/t12-,13?,14-,15+,16-,17?;/m1./s1. The average molecular weight is 405 g/mol. The summed E-state index contributed by atoms with van der Waals surface area (Å²) in [7, 11) is 0. The number of alkyl halides is 3. The van der Waals surface area contributed by atoms with Crippen LogP contribution >= 0.6 is 0 Å². The van der Waals surface area contributed by atoms with Gasteiger partial charge < -0.3 is 24.1 Å². The van der Waals surface area contributed by atoms with E-state index in [1.54, 1.807) is 0 Å². The monoisotopic (exact) mass is 405 g/mol. The summed E-state index contributed by atoms with van der Waals surface area (Å²) in [5, 5.41) is 8.78. The van der Waals surface area contributed by atoms with E-state index in [1.165, 1.54) is 12.5 Å². The van der Waals surface area contributed by atoms with Crippen molar-refractivity contribution in [2.24, 2.45) is 10.8 Å². The van der Waals surface area contributed by atoms with Gasteiger partial charge in [-0.25, -0.2) is 0 Å². The molecule has 0 radical (unpaired) electrons. The third kappa shape index (κ3) is 2.94. The van der Waals surface area contributed by atoms with Crippen molar-refractivity contribution in [1.82, 2.24) is 0 Å². The van der Waals surface area contributed by atoms with Gasteiger partial charge in [0.15, 0.2) is 0 Å². The number of hydrogen-bond donors (Lipinski definition) is 0. The molecule has 0 aromatic carbocycles. The Labute approximate surface area is 161 Å². The largest absolute Gasteiger partial charge is 0.542 e. The van der Waals surface area contributed by atoms with Crippen molar-refractivity contribution >= 4 is 11.9 Å². The number of ether oxygens (including phenoxy) is 3. The molecule has 4 aliphatic rings. The maximum absolute atomic E-state index is 11.6. The van der Waals surface area contributed by atoms with Crippen LogP contribution in [-0.2, 0) is 23.8 Å². The van der Waals surface area contributed by atoms with E-state index < -0.39 is 12.1 Å². The van der Waals surface area contributed by atoms with Crippen LogP contribution in [0.1, 0.15) is 47.0 Å². The van der Waals surface area contributed by atoms with Crippen LogP contribution in [0.15, 0.2) is 11.6 Å². The van der Waals surface area contributed by atoms with Crippen LogP contribution < -0.4 is 5.11 Å². The van der Waals surface area contributed by atoms with Crippen LogP contribution in [-0.4, -0.2) is 48.6 Å². The molecule has 9 heteroatoms. The molecule has 0 aromatic rings. The van der Waals surface area contributed by atoms with Gasteiger partial charge in [-0.3, -0.25) is 4.79 Å². The first-order valence-corrected chi connectivity index (χ1v) is 9.20. The normalized spacial score (nSPS) is 43.4. The summed E-state index contributed by atoms with van der Waals surface area (Å²) in [6, 6.07) is 0. The summed E-state index contributed by atoms with van der Waals surface area (Å²) >= 11 is 0. The molecule has 4 rings (SSSR count). The van der Waals surface area contributed by atoms with Gasteiger partial charge in [0, 0.05) is 24.2 Å². The Morgan fingerprint density at radius 1 is 1.32 bits per heavy atom. The van der Waals surface area contributed by atoms with Crippen LogP contribution in [0.2, 0.25) is 0 Å². The highest BCUT2D eigenvalue weighted by Crippen LogP contribution is 2.71. The number of esters is 1. The van der Waals surface area contributed by atoms with Gasteiger partial charge in [0.05, 0.1) is 18.8 Å². The third-order valence-corrected chi connectivity index (χ3v) is 7.07. The zero-order valence-electron chi connectivity index (χ0n) is 16.2. The van der Waals surface area contributed by atoms with Crippen LogP contribution in [0.3, 0.4) is 0 Å². The predicted molar refractivity (Wildman–Crippen MR) is 87.8 cm³/mol. The molecular formula is C19H24F3O6-. The summed E-state index contributed by atoms with van der Waals surface area (Å²) in [5.41, 5.74) is 0.946. The average Bonchev–Trinajstić information content (AvgIpc) is 3.33. The molecule has 2 unspecified atom stereocenters. The molecule has 1 spiro atoms. The van der Waals surface area contributed by atoms with Crippen LogP contribution in [0.5, 0.6) is 0 Å². The molecule has 6 atom stereocenters. The lowest BCUT2D eigenvalue weighted by Crippen LogP contribution is -2.63. The van der Waals surface area contributed by atoms with Crippen molar-refractivity contribution in [2.45, 2.75) is 77.0 Å². The van der Waals surface area contributed by atoms with Gasteiger partial charge in [-0.15, -0.1) is 0 Å². The minimum absolute atomic E-state index is 0.0455. The summed E-state index contributed by atoms with van der Waals surface area (Å²) in [6.45, 7) is 8.96. The minimum Gasteiger partial charge on any atom is -0.542 e. The molecule has 158 valence electrons. The van der Waals surface area contributed by atoms with Crippen molar-refractivity contribution in [3.8, 4) is 0 Å². The topological polar surface area (TPSA) is 88.2 Å². The summed E-state index contributed by atoms with van der Waals surface area (Å²) in [5.74, 6) is -3.21. The van der Waals surface area contributed by atoms with E-state index in [0.717, 1.165) is 25.9 Å². The summed E-state index contributed by atoms with van der Waals surface area (Å²) in [6.07, 6.45) is 0.0360. The molecular weight excluding hydrogens is 381 g/mol. The first-order chi connectivity index (χ1) is 12.8. The van der Waals surface area contributed by atoms with Gasteiger partial charge in [0.25, 0.3) is 0 Å². The fraction of sp³-hybridized carbons (Fsp3) is 0.789. The number of fused-ring (bicyclic) bond motifs is 2. The predicted octanol–water partition coefficient (Wildman–Crippen LogP) is 1.91. The van der Waals surface area contributed by atoms with Gasteiger partial charge in [-0.2, -0.15) is 13.2 Å². The first kappa shape index (κ1) is 21.1. The van der Waals surface area contributed by atoms with Crippen LogP contribution in [0, 0.1) is 10.8 Å². The number of hydrogen-bond acceptors (Lipinski definition) is 6. The quantitative estimate of drug-likeness (QED) is 0.376. The maximum Gasteiger partial charge on any atom is 0.430 e. The number of epoxide rings is 1. The number of halogens is 3. The van der Waals surface area contributed by atoms with E-state index in [-0.39, 0.29) is 40.7 Å². The highest BCUT2D eigenvalue weighted by atomic mass is 19.4. The highest BCUT2D eigenvalue weighted by Gasteiger charge is 2.81. The van der Waals surface area contributed by atoms with E-state index in [2.05, 4.69) is 26.8 Å². The molecule has 1 saturated carbocycles. The molecule has 0 N–H and O–H groups in total. The summed E-state index contributed by atoms with van der Waals surface area (Å²) < 4.78 is 49.6. The van der Waals surface area contributed by atoms with E-state index in [9.17, 15) is 18.0 Å². The Bertz CT molecular complexity index is 713. The third-order valence-electron chi connectivity index (χ3n) is 7.07. The zero-order chi connectivity index (χ0) is 21.1. The Balaban J connectivity index is 0.000000279. The summed E-state index contributed by atoms with van der Waals surface area (Å²) in [4.78, 5) is 20.3. The van der Waals surface area contributed by atoms with E-state index in [1.807, 2.05) is 0 Å². The SMILES string of the molecule is CC(=O)OC1C[C@H]2O[C@@H]3C=C(C)CC[C@]3(C)[C@]1(C)C21CO1.O=C([O-])C(F)(F)F. The Kier molecular flexibility index (Phi) is 4.86. The number of carbonyl (C=O) groups excluding carboxylic acids is 2. The number of carboxylic acid groups (broad SMARTS) is 1. The van der Waals surface area contributed by atoms with E-state index in [4.69, 9.17) is 24.1 Å². The second-order valence-electron chi connectivity index (χ2n) is 8.48. The second-order valence-corrected chi connectivity index (χ2v) is 8.48. The molecule has 2 saturated heterocycles. The Hall–Kier alpha value is -1.61. The van der Waals surface area contributed by atoms with Crippen molar-refractivity contribution in [1.29, 1.82) is 0 Å². The number of carbonyl (C=O) groups is 2. The van der Waals surface area contributed by atoms with Crippen LogP contribution in [0.25, 0.3) is 0 Å². The lowest BCUT2D eigenvalue weighted by molar-refractivity contribution is -0.344. The lowest BCUT2D eigenvalue weighted by atomic mass is 9.52. The molecule has 3 fully saturated rings. The molecule has 28 heavy (non-hydrogen) atoms. The van der Waals surface area contributed by atoms with E-state index in [0.29, 0.717) is 0 Å². The Morgan fingerprint density at radius 2 is 1.89 bits per heavy atom. The number of carboxylic acids is 1. The van der Waals surface area contributed by atoms with Gasteiger partial charge in [0.1, 0.15) is 17.7 Å². The molecule has 2 aliphatic carbocycles. The van der Waals surface area contributed by atoms with Crippen molar-refractivity contribution in [2.75, 3.05) is 6.61 Å². The molecule has 2 aliphatic heterocycles. The fourth-order valence-electron chi connectivity index (χ4n) is 5.22. The molecule has 6 nitrogen and oxygen atoms in total. The van der Waals surface area contributed by atoms with Crippen molar-refractivity contribution in [3.05, 3.63) is 11.6 Å². The Morgan fingerprint density at radius 3 is 2.36 bits per heavy atom. The molecule has 2 heterocycles. The maximum atomic E-state index is 11.6. The fourth-order valence-corrected chi connectivity index (χ4v) is 5.22. The van der Waals surface area contributed by atoms with Gasteiger partial charge >= 0.3 is 12.1 Å². The highest BCUT2D eigenvalue weighted by molar-refractivity contribution is 5.70. The second kappa shape index (κ2) is 6.45. The number of aliphatic carboxylic acids is 1. The van der Waals surface area contributed by atoms with Crippen molar-refractivity contribution < 1.29 is 42.1 Å². The van der Waals surface area contributed by atoms with Crippen LogP contribution in [0.4, 0.5) is 13.2 Å². The lowest BCUT2D eigenvalue weighted by Gasteiger charge is -2.57. The van der Waals surface area contributed by atoms with Gasteiger partial charge in [-0.1, -0.05) is 25.5 Å². The molecule has 2 bridgehead atoms. The van der Waals surface area contributed by atoms with Gasteiger partial charge in [-0.05, 0) is 19.8 Å². The number of rotatable bonds is 1. The first-order valence-electron chi connectivity index (χ1n) is 9.20. The van der Waals surface area contributed by atoms with Gasteiger partial charge in [0.2, 0.25) is 0 Å². The molecule has 0 amide bonds. The molecule has 0 aromatic heterocycles. The smallest absolute Gasteiger partial charge is 0.430 e. The minimum atomic E-state index is -5.19.